The molecule has 0 atom stereocenters. The molecule has 1 aromatic heterocycles. The summed E-state index contributed by atoms with van der Waals surface area (Å²) in [5.41, 5.74) is -0.957. The van der Waals surface area contributed by atoms with Gasteiger partial charge in [0, 0.05) is 16.9 Å². The molecule has 0 aromatic carbocycles. The Hall–Kier alpha value is -0.970. The number of aromatic nitrogens is 1. The molecule has 0 aliphatic heterocycles. The monoisotopic (exact) mass is 329 g/mol. The predicted octanol–water partition coefficient (Wildman–Crippen LogP) is 1.96. The Balaban J connectivity index is 2.30. The molecule has 0 amide bonds. The molecule has 0 saturated heterocycles. The summed E-state index contributed by atoms with van der Waals surface area (Å²) in [6, 6.07) is 3.56. The van der Waals surface area contributed by atoms with Gasteiger partial charge in [0.15, 0.2) is 0 Å². The van der Waals surface area contributed by atoms with Gasteiger partial charge in [0.1, 0.15) is 10.4 Å². The minimum Gasteiger partial charge on any atom is -0.262 e. The van der Waals surface area contributed by atoms with Crippen molar-refractivity contribution in [2.24, 2.45) is 0 Å². The second kappa shape index (κ2) is 4.96. The first kappa shape index (κ1) is 13.5. The molecule has 5 nitrogen and oxygen atoms in total. The zero-order valence-electron chi connectivity index (χ0n) is 9.56. The van der Waals surface area contributed by atoms with Crippen LogP contribution in [0.15, 0.2) is 27.8 Å². The highest BCUT2D eigenvalue weighted by molar-refractivity contribution is 9.10. The van der Waals surface area contributed by atoms with Gasteiger partial charge in [0.05, 0.1) is 6.07 Å². The Labute approximate surface area is 114 Å². The number of sulfonamides is 1. The lowest BCUT2D eigenvalue weighted by molar-refractivity contribution is 0.485. The third kappa shape index (κ3) is 2.71. The highest BCUT2D eigenvalue weighted by atomic mass is 79.9. The van der Waals surface area contributed by atoms with Crippen molar-refractivity contribution < 1.29 is 8.42 Å². The fourth-order valence-corrected chi connectivity index (χ4v) is 3.95. The summed E-state index contributed by atoms with van der Waals surface area (Å²) < 4.78 is 27.5. The van der Waals surface area contributed by atoms with Crippen LogP contribution in [-0.4, -0.2) is 18.9 Å². The SMILES string of the molecule is N#CC1(NS(=O)(=O)c2cncc(Br)c2)CCCC1. The van der Waals surface area contributed by atoms with Crippen molar-refractivity contribution in [3.05, 3.63) is 22.9 Å². The van der Waals surface area contributed by atoms with Gasteiger partial charge in [0.2, 0.25) is 10.0 Å². The molecule has 0 unspecified atom stereocenters. The van der Waals surface area contributed by atoms with Crippen molar-refractivity contribution in [1.82, 2.24) is 9.71 Å². The molecule has 96 valence electrons. The molecule has 1 fully saturated rings. The highest BCUT2D eigenvalue weighted by Gasteiger charge is 2.38. The molecule has 1 aromatic rings. The van der Waals surface area contributed by atoms with Crippen LogP contribution in [0, 0.1) is 11.3 Å². The summed E-state index contributed by atoms with van der Waals surface area (Å²) in [5.74, 6) is 0. The minimum atomic E-state index is -3.70. The van der Waals surface area contributed by atoms with E-state index in [0.717, 1.165) is 12.8 Å². The summed E-state index contributed by atoms with van der Waals surface area (Å²) in [6.45, 7) is 0. The summed E-state index contributed by atoms with van der Waals surface area (Å²) in [7, 11) is -3.70. The van der Waals surface area contributed by atoms with E-state index in [0.29, 0.717) is 17.3 Å². The van der Waals surface area contributed by atoms with Crippen LogP contribution < -0.4 is 4.72 Å². The molecule has 1 saturated carbocycles. The summed E-state index contributed by atoms with van der Waals surface area (Å²) in [6.07, 6.45) is 5.63. The van der Waals surface area contributed by atoms with Crippen LogP contribution in [0.4, 0.5) is 0 Å². The van der Waals surface area contributed by atoms with E-state index in [2.05, 4.69) is 31.7 Å². The highest BCUT2D eigenvalue weighted by Crippen LogP contribution is 2.30. The van der Waals surface area contributed by atoms with Crippen molar-refractivity contribution in [2.75, 3.05) is 0 Å². The topological polar surface area (TPSA) is 82.9 Å². The second-order valence-corrected chi connectivity index (χ2v) is 6.94. The molecule has 1 N–H and O–H groups in total. The molecule has 18 heavy (non-hydrogen) atoms. The summed E-state index contributed by atoms with van der Waals surface area (Å²) in [4.78, 5) is 3.89. The lowest BCUT2D eigenvalue weighted by Crippen LogP contribution is -2.44. The molecule has 1 aliphatic rings. The van der Waals surface area contributed by atoms with Gasteiger partial charge in [-0.3, -0.25) is 4.98 Å². The maximum atomic E-state index is 12.2. The third-order valence-corrected chi connectivity index (χ3v) is 4.93. The van der Waals surface area contributed by atoms with Crippen molar-refractivity contribution >= 4 is 26.0 Å². The smallest absolute Gasteiger partial charge is 0.243 e. The summed E-state index contributed by atoms with van der Waals surface area (Å²) >= 11 is 3.18. The number of halogens is 1. The van der Waals surface area contributed by atoms with Gasteiger partial charge in [-0.2, -0.15) is 9.98 Å². The van der Waals surface area contributed by atoms with Crippen LogP contribution in [0.25, 0.3) is 0 Å². The Morgan fingerprint density at radius 3 is 2.61 bits per heavy atom. The largest absolute Gasteiger partial charge is 0.262 e. The van der Waals surface area contributed by atoms with E-state index in [1.165, 1.54) is 18.5 Å². The van der Waals surface area contributed by atoms with Gasteiger partial charge in [-0.05, 0) is 34.8 Å². The third-order valence-electron chi connectivity index (χ3n) is 2.99. The van der Waals surface area contributed by atoms with Crippen molar-refractivity contribution in [1.29, 1.82) is 5.26 Å². The van der Waals surface area contributed by atoms with Crippen LogP contribution >= 0.6 is 15.9 Å². The molecule has 2 rings (SSSR count). The van der Waals surface area contributed by atoms with E-state index >= 15 is 0 Å². The maximum Gasteiger partial charge on any atom is 0.243 e. The van der Waals surface area contributed by atoms with Gasteiger partial charge in [0.25, 0.3) is 0 Å². The first-order chi connectivity index (χ1) is 8.47. The van der Waals surface area contributed by atoms with Crippen LogP contribution in [0.3, 0.4) is 0 Å². The lowest BCUT2D eigenvalue weighted by Gasteiger charge is -2.21. The molecule has 0 radical (unpaired) electrons. The zero-order valence-corrected chi connectivity index (χ0v) is 12.0. The summed E-state index contributed by atoms with van der Waals surface area (Å²) in [5, 5.41) is 9.18. The predicted molar refractivity (Wildman–Crippen MR) is 69.1 cm³/mol. The average Bonchev–Trinajstić information content (AvgIpc) is 2.77. The van der Waals surface area contributed by atoms with Crippen LogP contribution in [0.1, 0.15) is 25.7 Å². The molecule has 1 aliphatic carbocycles. The van der Waals surface area contributed by atoms with Gasteiger partial charge in [-0.1, -0.05) is 12.8 Å². The lowest BCUT2D eigenvalue weighted by atomic mass is 10.0. The van der Waals surface area contributed by atoms with Gasteiger partial charge < -0.3 is 0 Å². The van der Waals surface area contributed by atoms with E-state index in [1.54, 1.807) is 0 Å². The van der Waals surface area contributed by atoms with Crippen LogP contribution in [0.5, 0.6) is 0 Å². The van der Waals surface area contributed by atoms with Crippen molar-refractivity contribution in [2.45, 2.75) is 36.1 Å². The molecule has 7 heteroatoms. The fraction of sp³-hybridized carbons (Fsp3) is 0.455. The Kier molecular flexibility index (Phi) is 3.71. The van der Waals surface area contributed by atoms with Gasteiger partial charge in [-0.25, -0.2) is 8.42 Å². The van der Waals surface area contributed by atoms with E-state index in [9.17, 15) is 13.7 Å². The molecule has 1 heterocycles. The molecule has 0 spiro atoms. The Bertz CT molecular complexity index is 589. The van der Waals surface area contributed by atoms with E-state index in [-0.39, 0.29) is 4.90 Å². The normalized spacial score (nSPS) is 18.4. The molecular formula is C11H12BrN3O2S. The second-order valence-electron chi connectivity index (χ2n) is 4.35. The number of hydrogen-bond acceptors (Lipinski definition) is 4. The minimum absolute atomic E-state index is 0.0680. The number of nitrogens with one attached hydrogen (secondary N) is 1. The van der Waals surface area contributed by atoms with Gasteiger partial charge in [-0.15, -0.1) is 0 Å². The fourth-order valence-electron chi connectivity index (χ4n) is 2.07. The first-order valence-electron chi connectivity index (χ1n) is 5.53. The zero-order chi connectivity index (χ0) is 13.2. The van der Waals surface area contributed by atoms with Crippen LogP contribution in [0.2, 0.25) is 0 Å². The van der Waals surface area contributed by atoms with Gasteiger partial charge >= 0.3 is 0 Å². The first-order valence-corrected chi connectivity index (χ1v) is 7.81. The Morgan fingerprint density at radius 2 is 2.06 bits per heavy atom. The number of nitriles is 1. The van der Waals surface area contributed by atoms with Crippen LogP contribution in [-0.2, 0) is 10.0 Å². The van der Waals surface area contributed by atoms with E-state index in [1.807, 2.05) is 0 Å². The number of nitrogens with zero attached hydrogens (tertiary/aromatic N) is 2. The maximum absolute atomic E-state index is 12.2. The van der Waals surface area contributed by atoms with E-state index < -0.39 is 15.6 Å². The van der Waals surface area contributed by atoms with Crippen molar-refractivity contribution in [3.8, 4) is 6.07 Å². The Morgan fingerprint density at radius 1 is 1.39 bits per heavy atom. The quantitative estimate of drug-likeness (QED) is 0.918. The number of rotatable bonds is 3. The molecular weight excluding hydrogens is 318 g/mol. The molecule has 0 bridgehead atoms. The average molecular weight is 330 g/mol. The van der Waals surface area contributed by atoms with E-state index in [4.69, 9.17) is 0 Å². The standard InChI is InChI=1S/C11H12BrN3O2S/c12-9-5-10(7-14-6-9)18(16,17)15-11(8-13)3-1-2-4-11/h5-7,15H,1-4H2. The van der Waals surface area contributed by atoms with Crippen molar-refractivity contribution in [3.63, 3.8) is 0 Å². The number of hydrogen-bond donors (Lipinski definition) is 1. The number of pyridine rings is 1.